The van der Waals surface area contributed by atoms with Crippen LogP contribution in [0.5, 0.6) is 0 Å². The Hall–Kier alpha value is -3.22. The third-order valence-corrected chi connectivity index (χ3v) is 5.53. The van der Waals surface area contributed by atoms with Gasteiger partial charge in [-0.25, -0.2) is 9.78 Å². The Morgan fingerprint density at radius 1 is 1.06 bits per heavy atom. The van der Waals surface area contributed by atoms with Crippen molar-refractivity contribution in [1.82, 2.24) is 9.55 Å². The van der Waals surface area contributed by atoms with Crippen LogP contribution in [0.2, 0.25) is 5.02 Å². The fourth-order valence-corrected chi connectivity index (χ4v) is 3.73. The molecule has 160 valence electrons. The van der Waals surface area contributed by atoms with Crippen molar-refractivity contribution in [2.24, 2.45) is 0 Å². The SMILES string of the molecule is CCOC(=O)c1ccc(-n2c(/C=C/c3ccc(Cl)cc3)nc3ccc(Br)cc3c2=O)cc1. The lowest BCUT2D eigenvalue weighted by molar-refractivity contribution is 0.0526. The van der Waals surface area contributed by atoms with Crippen molar-refractivity contribution in [1.29, 1.82) is 0 Å². The summed E-state index contributed by atoms with van der Waals surface area (Å²) in [6.07, 6.45) is 3.65. The molecule has 0 bridgehead atoms. The van der Waals surface area contributed by atoms with E-state index in [2.05, 4.69) is 15.9 Å². The van der Waals surface area contributed by atoms with Gasteiger partial charge in [-0.2, -0.15) is 0 Å². The quantitative estimate of drug-likeness (QED) is 0.303. The number of nitrogens with zero attached hydrogens (tertiary/aromatic N) is 2. The topological polar surface area (TPSA) is 61.2 Å². The fraction of sp³-hybridized carbons (Fsp3) is 0.0800. The van der Waals surface area contributed by atoms with Crippen LogP contribution in [-0.2, 0) is 4.74 Å². The summed E-state index contributed by atoms with van der Waals surface area (Å²) in [5.74, 6) is 0.0541. The predicted molar refractivity (Wildman–Crippen MR) is 131 cm³/mol. The summed E-state index contributed by atoms with van der Waals surface area (Å²) < 4.78 is 7.36. The van der Waals surface area contributed by atoms with Gasteiger partial charge in [0, 0.05) is 9.50 Å². The van der Waals surface area contributed by atoms with Gasteiger partial charge in [0.05, 0.1) is 28.8 Å². The number of carbonyl (C=O) groups excluding carboxylic acids is 1. The molecule has 0 aliphatic carbocycles. The van der Waals surface area contributed by atoms with E-state index in [0.717, 1.165) is 10.0 Å². The van der Waals surface area contributed by atoms with Crippen LogP contribution in [0.1, 0.15) is 28.7 Å². The summed E-state index contributed by atoms with van der Waals surface area (Å²) in [5, 5.41) is 1.13. The number of hydrogen-bond donors (Lipinski definition) is 0. The van der Waals surface area contributed by atoms with Crippen molar-refractivity contribution >= 4 is 56.6 Å². The molecule has 3 aromatic carbocycles. The maximum atomic E-state index is 13.4. The minimum atomic E-state index is -0.408. The van der Waals surface area contributed by atoms with Crippen molar-refractivity contribution < 1.29 is 9.53 Å². The molecule has 4 aromatic rings. The molecule has 0 saturated carbocycles. The van der Waals surface area contributed by atoms with Gasteiger partial charge in [0.25, 0.3) is 5.56 Å². The number of hydrogen-bond acceptors (Lipinski definition) is 4. The number of benzene rings is 3. The van der Waals surface area contributed by atoms with Crippen molar-refractivity contribution in [2.75, 3.05) is 6.61 Å². The summed E-state index contributed by atoms with van der Waals surface area (Å²) in [4.78, 5) is 30.1. The molecule has 7 heteroatoms. The smallest absolute Gasteiger partial charge is 0.338 e. The van der Waals surface area contributed by atoms with Crippen LogP contribution in [0, 0.1) is 0 Å². The molecular formula is C25H18BrClN2O3. The van der Waals surface area contributed by atoms with Crippen LogP contribution in [0.3, 0.4) is 0 Å². The van der Waals surface area contributed by atoms with Crippen molar-refractivity contribution in [3.63, 3.8) is 0 Å². The first kappa shape index (κ1) is 22.0. The molecule has 0 aliphatic heterocycles. The van der Waals surface area contributed by atoms with E-state index in [9.17, 15) is 9.59 Å². The molecule has 0 fully saturated rings. The first-order valence-electron chi connectivity index (χ1n) is 9.90. The number of esters is 1. The van der Waals surface area contributed by atoms with E-state index >= 15 is 0 Å². The summed E-state index contributed by atoms with van der Waals surface area (Å²) in [6.45, 7) is 2.05. The maximum absolute atomic E-state index is 13.4. The Morgan fingerprint density at radius 2 is 1.78 bits per heavy atom. The van der Waals surface area contributed by atoms with Gasteiger partial charge < -0.3 is 4.74 Å². The lowest BCUT2D eigenvalue weighted by atomic mass is 10.1. The van der Waals surface area contributed by atoms with Crippen LogP contribution < -0.4 is 5.56 Å². The number of fused-ring (bicyclic) bond motifs is 1. The third kappa shape index (κ3) is 4.66. The van der Waals surface area contributed by atoms with Gasteiger partial charge in [-0.3, -0.25) is 9.36 Å². The van der Waals surface area contributed by atoms with Gasteiger partial charge >= 0.3 is 5.97 Å². The average molecular weight is 510 g/mol. The molecule has 0 unspecified atom stereocenters. The number of rotatable bonds is 5. The van der Waals surface area contributed by atoms with Gasteiger partial charge in [-0.1, -0.05) is 45.7 Å². The molecule has 32 heavy (non-hydrogen) atoms. The van der Waals surface area contributed by atoms with Crippen LogP contribution >= 0.6 is 27.5 Å². The van der Waals surface area contributed by atoms with E-state index in [1.807, 2.05) is 24.3 Å². The number of ether oxygens (including phenoxy) is 1. The first-order chi connectivity index (χ1) is 15.5. The summed E-state index contributed by atoms with van der Waals surface area (Å²) in [7, 11) is 0. The molecule has 1 aromatic heterocycles. The zero-order valence-corrected chi connectivity index (χ0v) is 19.4. The highest BCUT2D eigenvalue weighted by Gasteiger charge is 2.13. The van der Waals surface area contributed by atoms with Crippen LogP contribution in [-0.4, -0.2) is 22.1 Å². The largest absolute Gasteiger partial charge is 0.462 e. The standard InChI is InChI=1S/C25H18BrClN2O3/c1-2-32-25(31)17-6-11-20(12-7-17)29-23(14-5-16-3-9-19(27)10-4-16)28-22-13-8-18(26)15-21(22)24(29)30/h3-15H,2H2,1H3/b14-5+. The number of aromatic nitrogens is 2. The summed E-state index contributed by atoms with van der Waals surface area (Å²) >= 11 is 9.39. The molecule has 0 spiro atoms. The highest BCUT2D eigenvalue weighted by Crippen LogP contribution is 2.20. The zero-order valence-electron chi connectivity index (χ0n) is 17.1. The Bertz CT molecular complexity index is 1380. The molecule has 0 amide bonds. The lowest BCUT2D eigenvalue weighted by Crippen LogP contribution is -2.22. The Morgan fingerprint density at radius 3 is 2.47 bits per heavy atom. The van der Waals surface area contributed by atoms with Gasteiger partial charge in [0.2, 0.25) is 0 Å². The Kier molecular flexibility index (Phi) is 6.53. The molecule has 0 atom stereocenters. The molecule has 1 heterocycles. The van der Waals surface area contributed by atoms with Crippen LogP contribution in [0.4, 0.5) is 0 Å². The van der Waals surface area contributed by atoms with E-state index in [0.29, 0.717) is 39.6 Å². The Labute approximate surface area is 198 Å². The van der Waals surface area contributed by atoms with Gasteiger partial charge in [0.1, 0.15) is 5.82 Å². The van der Waals surface area contributed by atoms with Gasteiger partial charge in [-0.15, -0.1) is 0 Å². The molecule has 0 aliphatic rings. The average Bonchev–Trinajstić information content (AvgIpc) is 2.79. The monoisotopic (exact) mass is 508 g/mol. The minimum Gasteiger partial charge on any atom is -0.462 e. The van der Waals surface area contributed by atoms with E-state index in [-0.39, 0.29) is 5.56 Å². The van der Waals surface area contributed by atoms with Gasteiger partial charge in [-0.05, 0) is 73.2 Å². The third-order valence-electron chi connectivity index (χ3n) is 4.79. The second kappa shape index (κ2) is 9.51. The normalized spacial score (nSPS) is 11.2. The number of halogens is 2. The number of carbonyl (C=O) groups is 1. The molecule has 0 radical (unpaired) electrons. The van der Waals surface area contributed by atoms with Crippen molar-refractivity contribution in [3.05, 3.63) is 104 Å². The van der Waals surface area contributed by atoms with E-state index in [4.69, 9.17) is 21.3 Å². The molecular weight excluding hydrogens is 492 g/mol. The Balaban J connectivity index is 1.86. The van der Waals surface area contributed by atoms with Gasteiger partial charge in [0.15, 0.2) is 0 Å². The first-order valence-corrected chi connectivity index (χ1v) is 11.1. The molecule has 0 N–H and O–H groups in total. The van der Waals surface area contributed by atoms with Crippen molar-refractivity contribution in [3.8, 4) is 5.69 Å². The van der Waals surface area contributed by atoms with E-state index in [1.165, 1.54) is 4.57 Å². The second-order valence-corrected chi connectivity index (χ2v) is 8.28. The summed E-state index contributed by atoms with van der Waals surface area (Å²) in [6, 6.07) is 19.4. The zero-order chi connectivity index (χ0) is 22.7. The maximum Gasteiger partial charge on any atom is 0.338 e. The molecule has 0 saturated heterocycles. The second-order valence-electron chi connectivity index (χ2n) is 6.92. The summed E-state index contributed by atoms with van der Waals surface area (Å²) in [5.41, 5.74) is 2.31. The fourth-order valence-electron chi connectivity index (χ4n) is 3.24. The minimum absolute atomic E-state index is 0.212. The molecule has 5 nitrogen and oxygen atoms in total. The predicted octanol–water partition coefficient (Wildman–Crippen LogP) is 6.15. The van der Waals surface area contributed by atoms with E-state index in [1.54, 1.807) is 61.5 Å². The highest BCUT2D eigenvalue weighted by molar-refractivity contribution is 9.10. The highest BCUT2D eigenvalue weighted by atomic mass is 79.9. The molecule has 4 rings (SSSR count). The van der Waals surface area contributed by atoms with Crippen LogP contribution in [0.25, 0.3) is 28.7 Å². The van der Waals surface area contributed by atoms with Crippen molar-refractivity contribution in [2.45, 2.75) is 6.92 Å². The van der Waals surface area contributed by atoms with E-state index < -0.39 is 5.97 Å². The lowest BCUT2D eigenvalue weighted by Gasteiger charge is -2.12. The van der Waals surface area contributed by atoms with Crippen LogP contribution in [0.15, 0.2) is 76.0 Å².